The van der Waals surface area contributed by atoms with Crippen molar-refractivity contribution in [2.24, 2.45) is 10.6 Å². The number of nitrogens with one attached hydrogen (secondary N) is 1. The van der Waals surface area contributed by atoms with Gasteiger partial charge in [0.1, 0.15) is 28.0 Å². The average Bonchev–Trinajstić information content (AvgIpc) is 3.59. The van der Waals surface area contributed by atoms with Crippen LogP contribution >= 0.6 is 34.6 Å². The lowest BCUT2D eigenvalue weighted by Crippen LogP contribution is -2.73. The van der Waals surface area contributed by atoms with Crippen molar-refractivity contribution < 1.29 is 28.7 Å². The molecule has 2 fully saturated rings. The molecule has 13 nitrogen and oxygen atoms in total. The number of imidazole rings is 1. The number of halogens is 1. The summed E-state index contributed by atoms with van der Waals surface area (Å²) in [6.45, 7) is 0.582. The minimum Gasteiger partial charge on any atom is -0.481 e. The molecule has 2 aliphatic heterocycles. The van der Waals surface area contributed by atoms with Crippen LogP contribution in [0, 0.1) is 12.3 Å². The Bertz CT molecular complexity index is 1450. The van der Waals surface area contributed by atoms with Crippen LogP contribution in [0.5, 0.6) is 0 Å². The molecule has 0 aromatic carbocycles. The first kappa shape index (κ1) is 25.1. The van der Waals surface area contributed by atoms with Gasteiger partial charge in [0.25, 0.3) is 12.8 Å². The molecule has 2 saturated heterocycles. The second-order valence-corrected chi connectivity index (χ2v) is 11.2. The normalized spacial score (nSPS) is 23.8. The number of alkyl halides is 1. The van der Waals surface area contributed by atoms with Gasteiger partial charge in [0, 0.05) is 34.4 Å². The molecular formula is C20H19FN8O5S3. The molecule has 0 saturated carbocycles. The molecule has 5 rings (SSSR count). The van der Waals surface area contributed by atoms with E-state index in [1.807, 2.05) is 11.3 Å². The molecular weight excluding hydrogens is 547 g/mol. The summed E-state index contributed by atoms with van der Waals surface area (Å²) in [7, 11) is 0. The van der Waals surface area contributed by atoms with Gasteiger partial charge in [0.05, 0.1) is 6.20 Å². The van der Waals surface area contributed by atoms with E-state index >= 15 is 0 Å². The number of aromatic nitrogens is 4. The highest BCUT2D eigenvalue weighted by Gasteiger charge is 2.57. The van der Waals surface area contributed by atoms with Crippen molar-refractivity contribution in [2.75, 3.05) is 24.9 Å². The molecule has 4 N–H and O–H groups in total. The fourth-order valence-corrected chi connectivity index (χ4v) is 6.97. The minimum atomic E-state index is -1.31. The molecule has 0 spiro atoms. The zero-order valence-electron chi connectivity index (χ0n) is 19.0. The average molecular weight is 567 g/mol. The number of oxime groups is 1. The summed E-state index contributed by atoms with van der Waals surface area (Å²) < 4.78 is 18.3. The lowest BCUT2D eigenvalue weighted by Gasteiger charge is -2.53. The summed E-state index contributed by atoms with van der Waals surface area (Å²) in [6.07, 6.45) is 6.82. The van der Waals surface area contributed by atoms with Crippen LogP contribution in [-0.4, -0.2) is 82.8 Å². The van der Waals surface area contributed by atoms with Crippen LogP contribution in [0.25, 0.3) is 10.9 Å². The Kier molecular flexibility index (Phi) is 6.59. The Morgan fingerprint density at radius 2 is 2.30 bits per heavy atom. The van der Waals surface area contributed by atoms with Crippen LogP contribution in [0.4, 0.5) is 9.52 Å². The largest absolute Gasteiger partial charge is 0.481 e. The summed E-state index contributed by atoms with van der Waals surface area (Å²) in [5, 5.41) is 15.6. The molecule has 0 bridgehead atoms. The van der Waals surface area contributed by atoms with Gasteiger partial charge in [-0.15, -0.1) is 23.1 Å². The maximum Gasteiger partial charge on any atom is 0.316 e. The third-order valence-electron chi connectivity index (χ3n) is 5.98. The van der Waals surface area contributed by atoms with Gasteiger partial charge in [-0.2, -0.15) is 9.36 Å². The van der Waals surface area contributed by atoms with Gasteiger partial charge < -0.3 is 25.9 Å². The van der Waals surface area contributed by atoms with Crippen LogP contribution in [0.3, 0.4) is 0 Å². The van der Waals surface area contributed by atoms with Gasteiger partial charge in [-0.25, -0.2) is 9.37 Å². The van der Waals surface area contributed by atoms with E-state index in [2.05, 4.69) is 29.7 Å². The predicted molar refractivity (Wildman–Crippen MR) is 135 cm³/mol. The number of carboxylic acids is 1. The number of aryl methyl sites for hydroxylation is 1. The van der Waals surface area contributed by atoms with Gasteiger partial charge in [0.15, 0.2) is 5.13 Å². The summed E-state index contributed by atoms with van der Waals surface area (Å²) >= 11 is 3.54. The first-order valence-corrected chi connectivity index (χ1v) is 13.3. The maximum absolute atomic E-state index is 12.9. The number of thioether (sulfide) groups is 1. The van der Waals surface area contributed by atoms with Gasteiger partial charge in [-0.05, 0) is 13.0 Å². The summed E-state index contributed by atoms with van der Waals surface area (Å²) in [6, 6.07) is -0.937. The third kappa shape index (κ3) is 4.42. The quantitative estimate of drug-likeness (QED) is 0.202. The molecule has 17 heteroatoms. The smallest absolute Gasteiger partial charge is 0.316 e. The standard InChI is InChI=1S/C20H19FN8O5S3/c1-9-10(36-11-4-23-8-29(9)11)2-3-20(18(32)33)5-28-16(31)13(17(28)35-6-20)24-15(30)12(26-34-7-21)14-25-19(22)37-27-14/h2-4,8,13,17H,5-7H2,1H3,(H,24,30)(H,32,33)(H2,22,25,27)/t13-,17-,20?/m1/s1. The number of nitrogens with zero attached hydrogens (tertiary/aromatic N) is 6. The predicted octanol–water partition coefficient (Wildman–Crippen LogP) is 0.970. The van der Waals surface area contributed by atoms with Crippen LogP contribution in [0.2, 0.25) is 0 Å². The van der Waals surface area contributed by atoms with Crippen molar-refractivity contribution in [3.05, 3.63) is 35.0 Å². The van der Waals surface area contributed by atoms with Crippen molar-refractivity contribution in [2.45, 2.75) is 18.3 Å². The van der Waals surface area contributed by atoms with Crippen LogP contribution in [0.15, 0.2) is 23.8 Å². The SMILES string of the molecule is Cc1c(C=CC2(C(=O)O)CS[C@@H]3[C@H](NC(=O)C(=NOCF)c4nsc(N)n4)C(=O)N3C2)sc2cncn12. The van der Waals surface area contributed by atoms with Crippen molar-refractivity contribution in [1.29, 1.82) is 0 Å². The van der Waals surface area contributed by atoms with Crippen molar-refractivity contribution >= 4 is 74.2 Å². The Balaban J connectivity index is 1.30. The zero-order chi connectivity index (χ0) is 26.3. The van der Waals surface area contributed by atoms with E-state index in [1.165, 1.54) is 28.0 Å². The number of amides is 2. The van der Waals surface area contributed by atoms with Gasteiger partial charge in [-0.1, -0.05) is 11.2 Å². The van der Waals surface area contributed by atoms with E-state index in [4.69, 9.17) is 5.73 Å². The lowest BCUT2D eigenvalue weighted by atomic mass is 9.86. The molecule has 194 valence electrons. The molecule has 3 atom stereocenters. The van der Waals surface area contributed by atoms with Crippen LogP contribution in [-0.2, 0) is 19.2 Å². The van der Waals surface area contributed by atoms with E-state index in [0.29, 0.717) is 0 Å². The highest BCUT2D eigenvalue weighted by Crippen LogP contribution is 2.43. The number of nitrogen functional groups attached to an aromatic ring is 1. The first-order chi connectivity index (χ1) is 17.7. The number of hydrogen-bond donors (Lipinski definition) is 3. The summed E-state index contributed by atoms with van der Waals surface area (Å²) in [5.41, 5.74) is 4.75. The fourth-order valence-electron chi connectivity index (χ4n) is 4.02. The van der Waals surface area contributed by atoms with Gasteiger partial charge in [-0.3, -0.25) is 18.8 Å². The van der Waals surface area contributed by atoms with E-state index < -0.39 is 47.2 Å². The minimum absolute atomic E-state index is 0.0529. The molecule has 1 unspecified atom stereocenters. The number of carbonyl (C=O) groups is 3. The zero-order valence-corrected chi connectivity index (χ0v) is 21.5. The Morgan fingerprint density at radius 3 is 2.97 bits per heavy atom. The van der Waals surface area contributed by atoms with E-state index in [-0.39, 0.29) is 23.3 Å². The number of carboxylic acid groups (broad SMARTS) is 1. The number of β-lactam (4-membered cyclic amide) rings is 1. The number of rotatable bonds is 8. The first-order valence-electron chi connectivity index (χ1n) is 10.7. The Hall–Kier alpha value is -3.57. The molecule has 5 heterocycles. The summed E-state index contributed by atoms with van der Waals surface area (Å²) in [4.78, 5) is 53.6. The number of hydrogen-bond acceptors (Lipinski definition) is 12. The van der Waals surface area contributed by atoms with E-state index in [0.717, 1.165) is 26.9 Å². The number of anilines is 1. The molecule has 0 radical (unpaired) electrons. The second-order valence-electron chi connectivity index (χ2n) is 8.20. The van der Waals surface area contributed by atoms with Crippen LogP contribution < -0.4 is 11.1 Å². The fraction of sp³-hybridized carbons (Fsp3) is 0.350. The van der Waals surface area contributed by atoms with Gasteiger partial charge >= 0.3 is 5.97 Å². The molecule has 3 aromatic rings. The third-order valence-corrected chi connectivity index (χ3v) is 9.24. The van der Waals surface area contributed by atoms with Crippen molar-refractivity contribution in [3.8, 4) is 0 Å². The molecule has 0 aliphatic carbocycles. The number of nitrogens with two attached hydrogens (primary N) is 1. The molecule has 2 amide bonds. The highest BCUT2D eigenvalue weighted by atomic mass is 32.2. The number of carbonyl (C=O) groups excluding carboxylic acids is 2. The van der Waals surface area contributed by atoms with Crippen LogP contribution in [0.1, 0.15) is 16.4 Å². The number of aliphatic carboxylic acids is 1. The molecule has 2 aliphatic rings. The Labute approximate surface area is 220 Å². The van der Waals surface area contributed by atoms with E-state index in [1.54, 1.807) is 24.7 Å². The molecule has 37 heavy (non-hydrogen) atoms. The second kappa shape index (κ2) is 9.71. The maximum atomic E-state index is 12.9. The number of fused-ring (bicyclic) bond motifs is 2. The lowest BCUT2D eigenvalue weighted by molar-refractivity contribution is -0.156. The topological polar surface area (TPSA) is 177 Å². The van der Waals surface area contributed by atoms with Gasteiger partial charge in [0.2, 0.25) is 17.4 Å². The van der Waals surface area contributed by atoms with E-state index in [9.17, 15) is 23.9 Å². The molecule has 3 aromatic heterocycles. The summed E-state index contributed by atoms with van der Waals surface area (Å²) in [5.74, 6) is -2.34. The Morgan fingerprint density at radius 1 is 1.49 bits per heavy atom. The van der Waals surface area contributed by atoms with Crippen molar-refractivity contribution in [1.82, 2.24) is 29.0 Å². The van der Waals surface area contributed by atoms with Crippen molar-refractivity contribution in [3.63, 3.8) is 0 Å². The monoisotopic (exact) mass is 566 g/mol. The number of thiazole rings is 1. The highest BCUT2D eigenvalue weighted by molar-refractivity contribution is 8.00.